The Morgan fingerprint density at radius 1 is 1.16 bits per heavy atom. The summed E-state index contributed by atoms with van der Waals surface area (Å²) in [6, 6.07) is 0.550. The van der Waals surface area contributed by atoms with Gasteiger partial charge in [-0.05, 0) is 32.7 Å². The number of aryl methyl sites for hydroxylation is 1. The number of rotatable bonds is 4. The van der Waals surface area contributed by atoms with Crippen LogP contribution in [0.2, 0.25) is 0 Å². The van der Waals surface area contributed by atoms with E-state index >= 15 is 0 Å². The van der Waals surface area contributed by atoms with Crippen LogP contribution in [0.1, 0.15) is 61.1 Å². The quantitative estimate of drug-likeness (QED) is 0.887. The van der Waals surface area contributed by atoms with Gasteiger partial charge in [0.2, 0.25) is 0 Å². The molecule has 134 valence electrons. The van der Waals surface area contributed by atoms with Gasteiger partial charge in [0, 0.05) is 24.6 Å². The zero-order valence-electron chi connectivity index (χ0n) is 15.0. The number of nitrogens with one attached hydrogen (secondary N) is 2. The molecule has 0 unspecified atom stereocenters. The lowest BCUT2D eigenvalue weighted by Crippen LogP contribution is -2.18. The molecule has 0 saturated heterocycles. The lowest BCUT2D eigenvalue weighted by Gasteiger charge is -2.24. The Hall–Kier alpha value is -2.02. The molecule has 2 aliphatic rings. The van der Waals surface area contributed by atoms with E-state index < -0.39 is 0 Å². The van der Waals surface area contributed by atoms with Crippen molar-refractivity contribution in [3.63, 3.8) is 0 Å². The lowest BCUT2D eigenvalue weighted by molar-refractivity contribution is 0.346. The third-order valence-corrected chi connectivity index (χ3v) is 5.32. The topological polar surface area (TPSA) is 80.6 Å². The van der Waals surface area contributed by atoms with Gasteiger partial charge in [0.15, 0.2) is 5.82 Å². The molecule has 25 heavy (non-hydrogen) atoms. The van der Waals surface area contributed by atoms with Crippen molar-refractivity contribution in [3.8, 4) is 0 Å². The van der Waals surface area contributed by atoms with Crippen molar-refractivity contribution in [2.45, 2.75) is 64.5 Å². The van der Waals surface area contributed by atoms with Crippen LogP contribution in [-0.2, 0) is 19.4 Å². The Morgan fingerprint density at radius 2 is 2.00 bits per heavy atom. The van der Waals surface area contributed by atoms with Crippen molar-refractivity contribution in [3.05, 3.63) is 29.2 Å². The summed E-state index contributed by atoms with van der Waals surface area (Å²) < 4.78 is 2.26. The molecule has 2 N–H and O–H groups in total. The largest absolute Gasteiger partial charge is 0.362 e. The van der Waals surface area contributed by atoms with Crippen LogP contribution in [0.15, 0.2) is 6.33 Å². The summed E-state index contributed by atoms with van der Waals surface area (Å²) in [5.74, 6) is 2.80. The summed E-state index contributed by atoms with van der Waals surface area (Å²) in [6.07, 6.45) is 10.3. The SMILES string of the molecule is Cc1nc2c(c(NCc3nncn3C3CCCCC3)n1)CCNCC2. The highest BCUT2D eigenvalue weighted by Gasteiger charge is 2.20. The zero-order valence-corrected chi connectivity index (χ0v) is 15.0. The van der Waals surface area contributed by atoms with Gasteiger partial charge in [-0.15, -0.1) is 10.2 Å². The highest BCUT2D eigenvalue weighted by Crippen LogP contribution is 2.29. The summed E-state index contributed by atoms with van der Waals surface area (Å²) in [5.41, 5.74) is 2.42. The number of aromatic nitrogens is 5. The number of anilines is 1. The average molecular weight is 341 g/mol. The van der Waals surface area contributed by atoms with Gasteiger partial charge in [-0.2, -0.15) is 0 Å². The van der Waals surface area contributed by atoms with Crippen LogP contribution >= 0.6 is 0 Å². The normalized spacial score (nSPS) is 18.6. The van der Waals surface area contributed by atoms with Crippen LogP contribution in [0.25, 0.3) is 0 Å². The molecule has 7 nitrogen and oxygen atoms in total. The van der Waals surface area contributed by atoms with Crippen LogP contribution < -0.4 is 10.6 Å². The minimum absolute atomic E-state index is 0.550. The molecular formula is C18H27N7. The van der Waals surface area contributed by atoms with Gasteiger partial charge >= 0.3 is 0 Å². The second kappa shape index (κ2) is 7.47. The summed E-state index contributed by atoms with van der Waals surface area (Å²) in [5, 5.41) is 15.5. The standard InChI is InChI=1S/C18H27N7/c1-13-22-16-8-10-19-9-7-15(16)18(23-13)20-11-17-24-21-12-25(17)14-5-3-2-4-6-14/h12,14,19H,2-11H2,1H3,(H,20,22,23). The molecule has 7 heteroatoms. The average Bonchev–Trinajstić information content (AvgIpc) is 2.98. The van der Waals surface area contributed by atoms with E-state index in [0.29, 0.717) is 12.6 Å². The molecule has 2 aromatic rings. The first-order valence-corrected chi connectivity index (χ1v) is 9.50. The van der Waals surface area contributed by atoms with Gasteiger partial charge in [-0.1, -0.05) is 19.3 Å². The Morgan fingerprint density at radius 3 is 2.88 bits per heavy atom. The summed E-state index contributed by atoms with van der Waals surface area (Å²) >= 11 is 0. The second-order valence-corrected chi connectivity index (χ2v) is 7.09. The minimum atomic E-state index is 0.550. The molecule has 1 saturated carbocycles. The smallest absolute Gasteiger partial charge is 0.152 e. The van der Waals surface area contributed by atoms with Crippen LogP contribution in [0.3, 0.4) is 0 Å². The van der Waals surface area contributed by atoms with E-state index in [9.17, 15) is 0 Å². The Labute approximate surface area is 148 Å². The van der Waals surface area contributed by atoms with Gasteiger partial charge in [-0.25, -0.2) is 9.97 Å². The highest BCUT2D eigenvalue weighted by molar-refractivity contribution is 5.47. The molecular weight excluding hydrogens is 314 g/mol. The highest BCUT2D eigenvalue weighted by atomic mass is 15.3. The first kappa shape index (κ1) is 16.4. The molecule has 0 radical (unpaired) electrons. The Balaban J connectivity index is 1.52. The molecule has 4 rings (SSSR count). The Kier molecular flexibility index (Phi) is 4.92. The Bertz CT molecular complexity index is 718. The molecule has 0 bridgehead atoms. The fraction of sp³-hybridized carbons (Fsp3) is 0.667. The van der Waals surface area contributed by atoms with Gasteiger partial charge in [0.05, 0.1) is 12.2 Å². The maximum atomic E-state index is 4.66. The summed E-state index contributed by atoms with van der Waals surface area (Å²) in [4.78, 5) is 9.31. The summed E-state index contributed by atoms with van der Waals surface area (Å²) in [7, 11) is 0. The third-order valence-electron chi connectivity index (χ3n) is 5.32. The molecule has 3 heterocycles. The van der Waals surface area contributed by atoms with E-state index in [2.05, 4.69) is 35.4 Å². The number of hydrogen-bond acceptors (Lipinski definition) is 6. The third kappa shape index (κ3) is 3.66. The monoisotopic (exact) mass is 341 g/mol. The van der Waals surface area contributed by atoms with E-state index in [0.717, 1.165) is 43.4 Å². The van der Waals surface area contributed by atoms with Gasteiger partial charge in [0.1, 0.15) is 18.0 Å². The van der Waals surface area contributed by atoms with Crippen LogP contribution in [-0.4, -0.2) is 37.8 Å². The molecule has 2 aromatic heterocycles. The van der Waals surface area contributed by atoms with Crippen LogP contribution in [0, 0.1) is 6.92 Å². The molecule has 1 aliphatic carbocycles. The number of nitrogens with zero attached hydrogens (tertiary/aromatic N) is 5. The van der Waals surface area contributed by atoms with Crippen molar-refractivity contribution >= 4 is 5.82 Å². The first-order valence-electron chi connectivity index (χ1n) is 9.50. The van der Waals surface area contributed by atoms with Crippen molar-refractivity contribution in [2.75, 3.05) is 18.4 Å². The number of fused-ring (bicyclic) bond motifs is 1. The van der Waals surface area contributed by atoms with Crippen molar-refractivity contribution in [2.24, 2.45) is 0 Å². The fourth-order valence-corrected chi connectivity index (χ4v) is 4.03. The van der Waals surface area contributed by atoms with Gasteiger partial charge < -0.3 is 15.2 Å². The maximum absolute atomic E-state index is 4.66. The zero-order chi connectivity index (χ0) is 17.1. The molecule has 1 fully saturated rings. The van der Waals surface area contributed by atoms with E-state index in [4.69, 9.17) is 0 Å². The van der Waals surface area contributed by atoms with Crippen molar-refractivity contribution in [1.29, 1.82) is 0 Å². The molecule has 1 aliphatic heterocycles. The van der Waals surface area contributed by atoms with Crippen LogP contribution in [0.4, 0.5) is 5.82 Å². The molecule has 0 aromatic carbocycles. The lowest BCUT2D eigenvalue weighted by atomic mass is 9.95. The second-order valence-electron chi connectivity index (χ2n) is 7.09. The maximum Gasteiger partial charge on any atom is 0.152 e. The molecule has 0 atom stereocenters. The number of hydrogen-bond donors (Lipinski definition) is 2. The summed E-state index contributed by atoms with van der Waals surface area (Å²) in [6.45, 7) is 4.59. The predicted octanol–water partition coefficient (Wildman–Crippen LogP) is 2.18. The van der Waals surface area contributed by atoms with E-state index in [1.54, 1.807) is 0 Å². The molecule has 0 spiro atoms. The van der Waals surface area contributed by atoms with Crippen molar-refractivity contribution in [1.82, 2.24) is 30.0 Å². The van der Waals surface area contributed by atoms with Gasteiger partial charge in [0.25, 0.3) is 0 Å². The molecule has 0 amide bonds. The van der Waals surface area contributed by atoms with Crippen LogP contribution in [0.5, 0.6) is 0 Å². The fourth-order valence-electron chi connectivity index (χ4n) is 4.03. The minimum Gasteiger partial charge on any atom is -0.362 e. The van der Waals surface area contributed by atoms with E-state index in [-0.39, 0.29) is 0 Å². The van der Waals surface area contributed by atoms with E-state index in [1.807, 2.05) is 13.3 Å². The van der Waals surface area contributed by atoms with Crippen molar-refractivity contribution < 1.29 is 0 Å². The van der Waals surface area contributed by atoms with Gasteiger partial charge in [-0.3, -0.25) is 0 Å². The predicted molar refractivity (Wildman–Crippen MR) is 96.5 cm³/mol. The van der Waals surface area contributed by atoms with E-state index in [1.165, 1.54) is 43.4 Å². The first-order chi connectivity index (χ1) is 12.3.